The van der Waals surface area contributed by atoms with Gasteiger partial charge in [-0.15, -0.1) is 0 Å². The third-order valence-corrected chi connectivity index (χ3v) is 5.96. The molecule has 10 nitrogen and oxygen atoms in total. The number of nitrogen functional groups attached to an aromatic ring is 1. The number of benzene rings is 1. The van der Waals surface area contributed by atoms with E-state index in [0.717, 1.165) is 23.0 Å². The second-order valence-electron chi connectivity index (χ2n) is 8.39. The van der Waals surface area contributed by atoms with E-state index in [2.05, 4.69) is 27.1 Å². The lowest BCUT2D eigenvalue weighted by atomic mass is 10.1. The van der Waals surface area contributed by atoms with Crippen LogP contribution in [0.4, 0.5) is 19.0 Å². The number of hydrogen-bond acceptors (Lipinski definition) is 6. The second-order valence-corrected chi connectivity index (χ2v) is 8.39. The fourth-order valence-corrected chi connectivity index (χ4v) is 4.22. The number of amides is 3. The minimum Gasteiger partial charge on any atom is -0.364 e. The maximum atomic E-state index is 12.9. The molecular formula is C25H22F3N7O3. The van der Waals surface area contributed by atoms with Crippen molar-refractivity contribution in [3.63, 3.8) is 0 Å². The summed E-state index contributed by atoms with van der Waals surface area (Å²) >= 11 is 0. The van der Waals surface area contributed by atoms with Crippen molar-refractivity contribution in [3.8, 4) is 23.1 Å². The summed E-state index contributed by atoms with van der Waals surface area (Å²) in [6, 6.07) is 6.81. The molecule has 196 valence electrons. The molecule has 4 rings (SSSR count). The fourth-order valence-electron chi connectivity index (χ4n) is 4.22. The van der Waals surface area contributed by atoms with E-state index in [4.69, 9.17) is 11.6 Å². The largest absolute Gasteiger partial charge is 0.416 e. The Hall–Kier alpha value is -4.86. The highest BCUT2D eigenvalue weighted by Gasteiger charge is 2.35. The number of anilines is 1. The summed E-state index contributed by atoms with van der Waals surface area (Å²) in [6.45, 7) is 2.01. The average Bonchev–Trinajstić information content (AvgIpc) is 3.48. The van der Waals surface area contributed by atoms with Gasteiger partial charge in [0.25, 0.3) is 17.7 Å². The standard InChI is InChI=1S/C25H22F3N7O3/c1-2-4-19(36)34-12-3-5-17(34)23-33-20(21(22(29)37)35(23)30)14-6-8-15(9-7-14)24(38)32-18-13-16(10-11-31-18)25(26,27)28/h6-11,13,17H,3,5,12,30H2,1H3,(H2,29,37)(H,31,32,38)/t17-/m0/s1. The van der Waals surface area contributed by atoms with Crippen LogP contribution < -0.4 is 16.9 Å². The van der Waals surface area contributed by atoms with Gasteiger partial charge in [0.15, 0.2) is 11.5 Å². The minimum atomic E-state index is -4.58. The Morgan fingerprint density at radius 3 is 2.50 bits per heavy atom. The molecule has 3 heterocycles. The summed E-state index contributed by atoms with van der Waals surface area (Å²) in [6.07, 6.45) is -2.38. The van der Waals surface area contributed by atoms with Crippen molar-refractivity contribution >= 4 is 23.5 Å². The van der Waals surface area contributed by atoms with E-state index in [1.54, 1.807) is 6.92 Å². The van der Waals surface area contributed by atoms with Crippen LogP contribution in [0.15, 0.2) is 42.6 Å². The maximum absolute atomic E-state index is 12.9. The van der Waals surface area contributed by atoms with Crippen molar-refractivity contribution in [1.82, 2.24) is 19.5 Å². The van der Waals surface area contributed by atoms with Crippen LogP contribution >= 0.6 is 0 Å². The smallest absolute Gasteiger partial charge is 0.364 e. The number of rotatable bonds is 5. The molecule has 13 heteroatoms. The number of alkyl halides is 3. The van der Waals surface area contributed by atoms with E-state index in [0.29, 0.717) is 24.9 Å². The third kappa shape index (κ3) is 5.15. The van der Waals surface area contributed by atoms with Gasteiger partial charge in [-0.1, -0.05) is 18.1 Å². The number of imidazole rings is 1. The highest BCUT2D eigenvalue weighted by atomic mass is 19.4. The first-order valence-corrected chi connectivity index (χ1v) is 11.4. The second kappa shape index (κ2) is 10.3. The SMILES string of the molecule is CC#CC(=O)N1CCC[C@H]1c1nc(-c2ccc(C(=O)Nc3cc(C(F)(F)F)ccn3)cc2)c(C(N)=O)n1N. The monoisotopic (exact) mass is 525 g/mol. The Kier molecular flexibility index (Phi) is 7.07. The number of nitrogens with one attached hydrogen (secondary N) is 1. The van der Waals surface area contributed by atoms with Crippen LogP contribution in [0.5, 0.6) is 0 Å². The van der Waals surface area contributed by atoms with Crippen LogP contribution in [0.25, 0.3) is 11.3 Å². The van der Waals surface area contributed by atoms with Gasteiger partial charge in [0.2, 0.25) is 0 Å². The number of nitrogens with zero attached hydrogens (tertiary/aromatic N) is 4. The van der Waals surface area contributed by atoms with Crippen molar-refractivity contribution in [1.29, 1.82) is 0 Å². The zero-order valence-corrected chi connectivity index (χ0v) is 20.0. The quantitative estimate of drug-likeness (QED) is 0.345. The van der Waals surface area contributed by atoms with E-state index in [9.17, 15) is 27.6 Å². The number of carbonyl (C=O) groups is 3. The molecule has 38 heavy (non-hydrogen) atoms. The van der Waals surface area contributed by atoms with Crippen LogP contribution in [0.1, 0.15) is 58.0 Å². The molecule has 5 N–H and O–H groups in total. The number of primary amides is 1. The lowest BCUT2D eigenvalue weighted by Crippen LogP contribution is -2.33. The van der Waals surface area contributed by atoms with Crippen LogP contribution in [0.3, 0.4) is 0 Å². The Morgan fingerprint density at radius 1 is 1.16 bits per heavy atom. The van der Waals surface area contributed by atoms with Crippen molar-refractivity contribution in [2.45, 2.75) is 32.0 Å². The van der Waals surface area contributed by atoms with Gasteiger partial charge in [0.1, 0.15) is 11.5 Å². The van der Waals surface area contributed by atoms with Gasteiger partial charge in [0, 0.05) is 23.9 Å². The number of carbonyl (C=O) groups excluding carboxylic acids is 3. The van der Waals surface area contributed by atoms with Crippen LogP contribution in [0.2, 0.25) is 0 Å². The van der Waals surface area contributed by atoms with Crippen LogP contribution in [0, 0.1) is 11.8 Å². The topological polar surface area (TPSA) is 149 Å². The molecule has 1 fully saturated rings. The summed E-state index contributed by atoms with van der Waals surface area (Å²) in [5.41, 5.74) is 5.22. The minimum absolute atomic E-state index is 0.0914. The molecule has 0 bridgehead atoms. The zero-order valence-electron chi connectivity index (χ0n) is 20.0. The zero-order chi connectivity index (χ0) is 27.6. The van der Waals surface area contributed by atoms with Gasteiger partial charge in [-0.2, -0.15) is 13.2 Å². The van der Waals surface area contributed by atoms with Crippen LogP contribution in [-0.4, -0.2) is 43.8 Å². The number of aromatic nitrogens is 3. The molecule has 0 unspecified atom stereocenters. The summed E-state index contributed by atoms with van der Waals surface area (Å²) in [4.78, 5) is 47.1. The van der Waals surface area contributed by atoms with Gasteiger partial charge in [0.05, 0.1) is 11.6 Å². The number of likely N-dealkylation sites (tertiary alicyclic amines) is 1. The van der Waals surface area contributed by atoms with Gasteiger partial charge < -0.3 is 21.8 Å². The van der Waals surface area contributed by atoms with E-state index < -0.39 is 29.6 Å². The van der Waals surface area contributed by atoms with Crippen LogP contribution in [-0.2, 0) is 11.0 Å². The van der Waals surface area contributed by atoms with E-state index in [1.807, 2.05) is 0 Å². The van der Waals surface area contributed by atoms with Crippen molar-refractivity contribution in [2.75, 3.05) is 17.7 Å². The van der Waals surface area contributed by atoms with Gasteiger partial charge in [-0.05, 0) is 50.0 Å². The molecule has 2 aromatic heterocycles. The summed E-state index contributed by atoms with van der Waals surface area (Å²) < 4.78 is 39.9. The molecule has 0 aliphatic carbocycles. The summed E-state index contributed by atoms with van der Waals surface area (Å²) in [7, 11) is 0. The van der Waals surface area contributed by atoms with Gasteiger partial charge in [-0.25, -0.2) is 14.6 Å². The third-order valence-electron chi connectivity index (χ3n) is 5.96. The molecule has 0 radical (unpaired) electrons. The average molecular weight is 525 g/mol. The highest BCUT2D eigenvalue weighted by molar-refractivity contribution is 6.04. The molecule has 1 aliphatic heterocycles. The van der Waals surface area contributed by atoms with Crippen molar-refractivity contribution in [3.05, 3.63) is 65.2 Å². The molecule has 0 spiro atoms. The van der Waals surface area contributed by atoms with E-state index in [1.165, 1.54) is 29.2 Å². The lowest BCUT2D eigenvalue weighted by molar-refractivity contribution is -0.137. The lowest BCUT2D eigenvalue weighted by Gasteiger charge is -2.21. The predicted octanol–water partition coefficient (Wildman–Crippen LogP) is 2.72. The summed E-state index contributed by atoms with van der Waals surface area (Å²) in [5, 5.41) is 2.32. The summed E-state index contributed by atoms with van der Waals surface area (Å²) in [5.74, 6) is 9.33. The Labute approximate surface area is 214 Å². The van der Waals surface area contributed by atoms with Crippen molar-refractivity contribution < 1.29 is 27.6 Å². The van der Waals surface area contributed by atoms with E-state index >= 15 is 0 Å². The normalized spacial score (nSPS) is 15.1. The molecule has 3 amide bonds. The Morgan fingerprint density at radius 2 is 1.87 bits per heavy atom. The molecular weight excluding hydrogens is 503 g/mol. The van der Waals surface area contributed by atoms with E-state index in [-0.39, 0.29) is 34.5 Å². The number of pyridine rings is 1. The Balaban J connectivity index is 1.61. The van der Waals surface area contributed by atoms with Gasteiger partial charge >= 0.3 is 6.18 Å². The predicted molar refractivity (Wildman–Crippen MR) is 131 cm³/mol. The molecule has 1 aromatic carbocycles. The first kappa shape index (κ1) is 26.2. The number of halogens is 3. The van der Waals surface area contributed by atoms with Crippen molar-refractivity contribution in [2.24, 2.45) is 5.73 Å². The Bertz CT molecular complexity index is 1470. The number of nitrogens with two attached hydrogens (primary N) is 2. The molecule has 1 atom stereocenters. The first-order chi connectivity index (χ1) is 18.0. The molecule has 0 saturated carbocycles. The maximum Gasteiger partial charge on any atom is 0.416 e. The fraction of sp³-hybridized carbons (Fsp3) is 0.240. The first-order valence-electron chi connectivity index (χ1n) is 11.4. The molecule has 3 aromatic rings. The molecule has 1 saturated heterocycles. The van der Waals surface area contributed by atoms with Gasteiger partial charge in [-0.3, -0.25) is 14.4 Å². The highest BCUT2D eigenvalue weighted by Crippen LogP contribution is 2.34. The molecule has 1 aliphatic rings. The number of hydrogen-bond donors (Lipinski definition) is 3.